The SMILES string of the molecule is FC(F)(F)c1cccc(N2CCN(CCCCNc3cc(-c4ccsc4)ccn3)CC2)c1. The third-order valence-electron chi connectivity index (χ3n) is 5.73. The summed E-state index contributed by atoms with van der Waals surface area (Å²) in [5.41, 5.74) is 2.45. The van der Waals surface area contributed by atoms with E-state index in [2.05, 4.69) is 38.1 Å². The Morgan fingerprint density at radius 1 is 0.969 bits per heavy atom. The minimum atomic E-state index is -4.30. The molecule has 170 valence electrons. The predicted molar refractivity (Wildman–Crippen MR) is 125 cm³/mol. The Kier molecular flexibility index (Phi) is 7.32. The lowest BCUT2D eigenvalue weighted by Gasteiger charge is -2.36. The highest BCUT2D eigenvalue weighted by molar-refractivity contribution is 7.08. The van der Waals surface area contributed by atoms with E-state index in [9.17, 15) is 13.2 Å². The molecule has 0 atom stereocenters. The molecule has 0 amide bonds. The Morgan fingerprint density at radius 3 is 2.56 bits per heavy atom. The number of pyridine rings is 1. The van der Waals surface area contributed by atoms with Crippen LogP contribution >= 0.6 is 11.3 Å². The number of halogens is 3. The molecule has 1 saturated heterocycles. The van der Waals surface area contributed by atoms with Crippen molar-refractivity contribution in [2.24, 2.45) is 0 Å². The fourth-order valence-corrected chi connectivity index (χ4v) is 4.59. The van der Waals surface area contributed by atoms with Crippen molar-refractivity contribution in [3.8, 4) is 11.1 Å². The highest BCUT2D eigenvalue weighted by Crippen LogP contribution is 2.32. The molecule has 0 aliphatic carbocycles. The molecule has 1 aromatic carbocycles. The van der Waals surface area contributed by atoms with E-state index >= 15 is 0 Å². The first kappa shape index (κ1) is 22.6. The molecule has 8 heteroatoms. The number of aromatic nitrogens is 1. The lowest BCUT2D eigenvalue weighted by atomic mass is 10.1. The highest BCUT2D eigenvalue weighted by atomic mass is 32.1. The Hall–Kier alpha value is -2.58. The van der Waals surface area contributed by atoms with E-state index in [1.165, 1.54) is 23.3 Å². The lowest BCUT2D eigenvalue weighted by molar-refractivity contribution is -0.137. The van der Waals surface area contributed by atoms with Gasteiger partial charge in [-0.2, -0.15) is 24.5 Å². The van der Waals surface area contributed by atoms with Crippen molar-refractivity contribution in [2.45, 2.75) is 19.0 Å². The average Bonchev–Trinajstić information content (AvgIpc) is 3.34. The van der Waals surface area contributed by atoms with Gasteiger partial charge in [0.05, 0.1) is 5.56 Å². The van der Waals surface area contributed by atoms with Gasteiger partial charge >= 0.3 is 6.18 Å². The van der Waals surface area contributed by atoms with Crippen LogP contribution in [0.1, 0.15) is 18.4 Å². The van der Waals surface area contributed by atoms with Crippen LogP contribution < -0.4 is 10.2 Å². The van der Waals surface area contributed by atoms with Gasteiger partial charge in [-0.05, 0) is 77.7 Å². The number of hydrogen-bond donors (Lipinski definition) is 1. The van der Waals surface area contributed by atoms with Crippen LogP contribution in [0.5, 0.6) is 0 Å². The summed E-state index contributed by atoms with van der Waals surface area (Å²) in [6.07, 6.45) is -0.356. The molecule has 0 unspecified atom stereocenters. The number of hydrogen-bond acceptors (Lipinski definition) is 5. The lowest BCUT2D eigenvalue weighted by Crippen LogP contribution is -2.46. The van der Waals surface area contributed by atoms with Crippen LogP contribution in [0.15, 0.2) is 59.4 Å². The number of unbranched alkanes of at least 4 members (excludes halogenated alkanes) is 1. The van der Waals surface area contributed by atoms with Gasteiger partial charge in [0.2, 0.25) is 0 Å². The molecule has 1 fully saturated rings. The van der Waals surface area contributed by atoms with Gasteiger partial charge in [-0.25, -0.2) is 4.98 Å². The average molecular weight is 461 g/mol. The zero-order chi connectivity index (χ0) is 22.4. The molecule has 4 rings (SSSR count). The molecular weight excluding hydrogens is 433 g/mol. The molecule has 1 aliphatic rings. The summed E-state index contributed by atoms with van der Waals surface area (Å²) in [6, 6.07) is 11.8. The Labute approximate surface area is 190 Å². The molecule has 3 heterocycles. The van der Waals surface area contributed by atoms with Gasteiger partial charge < -0.3 is 10.2 Å². The zero-order valence-electron chi connectivity index (χ0n) is 17.8. The van der Waals surface area contributed by atoms with E-state index in [1.54, 1.807) is 17.4 Å². The maximum absolute atomic E-state index is 13.0. The fourth-order valence-electron chi connectivity index (χ4n) is 3.92. The summed E-state index contributed by atoms with van der Waals surface area (Å²) in [7, 11) is 0. The van der Waals surface area contributed by atoms with Crippen molar-refractivity contribution in [1.82, 2.24) is 9.88 Å². The van der Waals surface area contributed by atoms with Gasteiger partial charge in [-0.1, -0.05) is 6.07 Å². The quantitative estimate of drug-likeness (QED) is 0.428. The predicted octanol–water partition coefficient (Wildman–Crippen LogP) is 5.84. The topological polar surface area (TPSA) is 31.4 Å². The molecule has 0 spiro atoms. The number of anilines is 2. The number of benzene rings is 1. The molecular formula is C24H27F3N4S. The summed E-state index contributed by atoms with van der Waals surface area (Å²) in [4.78, 5) is 8.83. The third kappa shape index (κ3) is 6.01. The first-order chi connectivity index (χ1) is 15.5. The second-order valence-electron chi connectivity index (χ2n) is 7.95. The monoisotopic (exact) mass is 460 g/mol. The minimum absolute atomic E-state index is 0.583. The highest BCUT2D eigenvalue weighted by Gasteiger charge is 2.31. The van der Waals surface area contributed by atoms with Gasteiger partial charge in [-0.3, -0.25) is 4.90 Å². The van der Waals surface area contributed by atoms with Gasteiger partial charge in [0, 0.05) is 44.6 Å². The Bertz CT molecular complexity index is 983. The number of rotatable bonds is 8. The molecule has 1 N–H and O–H groups in total. The van der Waals surface area contributed by atoms with Crippen LogP contribution in [0.25, 0.3) is 11.1 Å². The smallest absolute Gasteiger partial charge is 0.370 e. The van der Waals surface area contributed by atoms with Crippen LogP contribution in [0.2, 0.25) is 0 Å². The largest absolute Gasteiger partial charge is 0.416 e. The van der Waals surface area contributed by atoms with E-state index in [0.717, 1.165) is 64.0 Å². The van der Waals surface area contributed by atoms with Crippen molar-refractivity contribution >= 4 is 22.8 Å². The number of nitrogens with zero attached hydrogens (tertiary/aromatic N) is 3. The van der Waals surface area contributed by atoms with Gasteiger partial charge in [0.25, 0.3) is 0 Å². The molecule has 3 aromatic rings. The summed E-state index contributed by atoms with van der Waals surface area (Å²) in [5, 5.41) is 7.61. The fraction of sp³-hybridized carbons (Fsp3) is 0.375. The maximum atomic E-state index is 13.0. The second-order valence-corrected chi connectivity index (χ2v) is 8.73. The summed E-state index contributed by atoms with van der Waals surface area (Å²) >= 11 is 1.68. The van der Waals surface area contributed by atoms with Crippen molar-refractivity contribution in [2.75, 3.05) is 49.5 Å². The van der Waals surface area contributed by atoms with Gasteiger partial charge in [-0.15, -0.1) is 0 Å². The van der Waals surface area contributed by atoms with E-state index in [4.69, 9.17) is 0 Å². The van der Waals surface area contributed by atoms with E-state index in [-0.39, 0.29) is 0 Å². The second kappa shape index (κ2) is 10.4. The van der Waals surface area contributed by atoms with Gasteiger partial charge in [0.1, 0.15) is 5.82 Å². The van der Waals surface area contributed by atoms with E-state index < -0.39 is 11.7 Å². The zero-order valence-corrected chi connectivity index (χ0v) is 18.6. The van der Waals surface area contributed by atoms with Crippen molar-refractivity contribution < 1.29 is 13.2 Å². The Morgan fingerprint density at radius 2 is 1.81 bits per heavy atom. The molecule has 0 saturated carbocycles. The minimum Gasteiger partial charge on any atom is -0.370 e. The normalized spacial score (nSPS) is 15.2. The molecule has 0 radical (unpaired) electrons. The summed E-state index contributed by atoms with van der Waals surface area (Å²) in [6.45, 7) is 5.10. The Balaban J connectivity index is 1.16. The van der Waals surface area contributed by atoms with E-state index in [1.807, 2.05) is 17.2 Å². The first-order valence-corrected chi connectivity index (χ1v) is 11.8. The molecule has 2 aromatic heterocycles. The van der Waals surface area contributed by atoms with Crippen molar-refractivity contribution in [3.05, 3.63) is 65.0 Å². The number of piperazine rings is 1. The summed E-state index contributed by atoms with van der Waals surface area (Å²) < 4.78 is 38.9. The van der Waals surface area contributed by atoms with Crippen LogP contribution in [0.4, 0.5) is 24.7 Å². The van der Waals surface area contributed by atoms with E-state index in [0.29, 0.717) is 5.69 Å². The third-order valence-corrected chi connectivity index (χ3v) is 6.42. The van der Waals surface area contributed by atoms with Crippen LogP contribution in [0, 0.1) is 0 Å². The molecule has 1 aliphatic heterocycles. The summed E-state index contributed by atoms with van der Waals surface area (Å²) in [5.74, 6) is 0.892. The van der Waals surface area contributed by atoms with Crippen LogP contribution in [-0.2, 0) is 6.18 Å². The van der Waals surface area contributed by atoms with Crippen molar-refractivity contribution in [1.29, 1.82) is 0 Å². The molecule has 4 nitrogen and oxygen atoms in total. The maximum Gasteiger partial charge on any atom is 0.416 e. The van der Waals surface area contributed by atoms with Crippen LogP contribution in [-0.4, -0.2) is 49.2 Å². The van der Waals surface area contributed by atoms with Gasteiger partial charge in [0.15, 0.2) is 0 Å². The number of thiophene rings is 1. The standard InChI is InChI=1S/C24H27F3N4S/c25-24(26,27)21-4-3-5-22(17-21)31-13-11-30(12-14-31)10-2-1-8-28-23-16-19(6-9-29-23)20-7-15-32-18-20/h3-7,9,15-18H,1-2,8,10-14H2,(H,28,29). The first-order valence-electron chi connectivity index (χ1n) is 10.9. The number of alkyl halides is 3. The molecule has 0 bridgehead atoms. The molecule has 32 heavy (non-hydrogen) atoms. The van der Waals surface area contributed by atoms with Crippen molar-refractivity contribution in [3.63, 3.8) is 0 Å². The van der Waals surface area contributed by atoms with Crippen LogP contribution in [0.3, 0.4) is 0 Å². The number of nitrogens with one attached hydrogen (secondary N) is 1.